The summed E-state index contributed by atoms with van der Waals surface area (Å²) in [6, 6.07) is 15.6. The van der Waals surface area contributed by atoms with Crippen LogP contribution in [0.4, 0.5) is 4.79 Å². The Bertz CT molecular complexity index is 1180. The van der Waals surface area contributed by atoms with E-state index >= 15 is 0 Å². The molecule has 3 atom stereocenters. The van der Waals surface area contributed by atoms with Gasteiger partial charge in [0.25, 0.3) is 0 Å². The average Bonchev–Trinajstić information content (AvgIpc) is 3.46. The molecule has 0 radical (unpaired) electrons. The van der Waals surface area contributed by atoms with Gasteiger partial charge in [0.15, 0.2) is 0 Å². The second kappa shape index (κ2) is 13.9. The number of nitrogens with one attached hydrogen (secondary N) is 2. The summed E-state index contributed by atoms with van der Waals surface area (Å²) in [4.78, 5) is 54.7. The fourth-order valence-electron chi connectivity index (χ4n) is 6.20. The van der Waals surface area contributed by atoms with Crippen molar-refractivity contribution in [3.8, 4) is 0 Å². The monoisotopic (exact) mass is 577 g/mol. The van der Waals surface area contributed by atoms with Crippen molar-refractivity contribution in [1.29, 1.82) is 0 Å². The smallest absolute Gasteiger partial charge is 0.408 e. The van der Waals surface area contributed by atoms with E-state index < -0.39 is 47.6 Å². The number of alkyl carbamates (subject to hydrolysis) is 1. The van der Waals surface area contributed by atoms with Crippen molar-refractivity contribution in [2.24, 2.45) is 5.92 Å². The quantitative estimate of drug-likeness (QED) is 0.391. The predicted octanol–water partition coefficient (Wildman–Crippen LogP) is 4.85. The first kappa shape index (κ1) is 31.1. The molecule has 2 aromatic rings. The van der Waals surface area contributed by atoms with Crippen LogP contribution >= 0.6 is 0 Å². The van der Waals surface area contributed by atoms with Crippen LogP contribution in [0.1, 0.15) is 82.8 Å². The van der Waals surface area contributed by atoms with E-state index in [-0.39, 0.29) is 11.8 Å². The van der Waals surface area contributed by atoms with Gasteiger partial charge < -0.3 is 25.4 Å². The molecule has 4 rings (SSSR count). The van der Waals surface area contributed by atoms with E-state index in [2.05, 4.69) is 10.6 Å². The first-order valence-corrected chi connectivity index (χ1v) is 15.0. The molecule has 1 saturated carbocycles. The summed E-state index contributed by atoms with van der Waals surface area (Å²) in [6.07, 6.45) is 4.97. The lowest BCUT2D eigenvalue weighted by atomic mass is 9.83. The highest BCUT2D eigenvalue weighted by Crippen LogP contribution is 2.31. The Balaban J connectivity index is 1.57. The van der Waals surface area contributed by atoms with Gasteiger partial charge in [-0.05, 0) is 63.5 Å². The standard InChI is InChI=1S/C33H43N3O6/c1-33(2,3)42-32(41)35-27(24-18-11-6-12-19-24)30(38)36-21-13-20-25(36)29(37)34-28(31(39)40)26(22-14-7-4-8-15-22)23-16-9-5-10-17-23/h4-5,7-10,14-17,24-28H,6,11-13,18-21H2,1-3H3,(H,34,37)(H,35,41)(H,39,40)/t25-,27?,28?/m0/s1. The minimum atomic E-state index is -1.26. The second-order valence-electron chi connectivity index (χ2n) is 12.3. The normalized spacial score (nSPS) is 19.1. The molecule has 226 valence electrons. The summed E-state index contributed by atoms with van der Waals surface area (Å²) >= 11 is 0. The maximum absolute atomic E-state index is 14.0. The number of carbonyl (C=O) groups is 4. The molecule has 1 aliphatic carbocycles. The van der Waals surface area contributed by atoms with Crippen LogP contribution in [0.2, 0.25) is 0 Å². The molecule has 2 aliphatic rings. The number of carboxylic acids is 1. The highest BCUT2D eigenvalue weighted by atomic mass is 16.6. The number of ether oxygens (including phenoxy) is 1. The molecule has 9 heteroatoms. The fraction of sp³-hybridized carbons (Fsp3) is 0.515. The molecule has 3 N–H and O–H groups in total. The maximum atomic E-state index is 14.0. The molecule has 1 heterocycles. The van der Waals surface area contributed by atoms with E-state index in [1.165, 1.54) is 4.90 Å². The first-order valence-electron chi connectivity index (χ1n) is 15.0. The van der Waals surface area contributed by atoms with Crippen LogP contribution in [0, 0.1) is 5.92 Å². The van der Waals surface area contributed by atoms with Crippen LogP contribution in [-0.2, 0) is 19.1 Å². The fourth-order valence-corrected chi connectivity index (χ4v) is 6.20. The second-order valence-corrected chi connectivity index (χ2v) is 12.3. The molecule has 0 spiro atoms. The summed E-state index contributed by atoms with van der Waals surface area (Å²) < 4.78 is 5.47. The van der Waals surface area contributed by atoms with Crippen LogP contribution in [0.5, 0.6) is 0 Å². The summed E-state index contributed by atoms with van der Waals surface area (Å²) in [5, 5.41) is 15.9. The largest absolute Gasteiger partial charge is 0.480 e. The number of benzene rings is 2. The Morgan fingerprint density at radius 1 is 0.833 bits per heavy atom. The van der Waals surface area contributed by atoms with Crippen molar-refractivity contribution in [2.45, 2.75) is 95.4 Å². The van der Waals surface area contributed by atoms with Crippen molar-refractivity contribution in [2.75, 3.05) is 6.54 Å². The van der Waals surface area contributed by atoms with E-state index in [4.69, 9.17) is 4.74 Å². The van der Waals surface area contributed by atoms with Gasteiger partial charge >= 0.3 is 12.1 Å². The number of likely N-dealkylation sites (tertiary alicyclic amines) is 1. The maximum Gasteiger partial charge on any atom is 0.408 e. The summed E-state index contributed by atoms with van der Waals surface area (Å²) in [6.45, 7) is 5.65. The number of rotatable bonds is 9. The van der Waals surface area contributed by atoms with Gasteiger partial charge in [-0.15, -0.1) is 0 Å². The number of carbonyl (C=O) groups excluding carboxylic acids is 3. The van der Waals surface area contributed by atoms with Crippen molar-refractivity contribution in [1.82, 2.24) is 15.5 Å². The Morgan fingerprint density at radius 2 is 1.40 bits per heavy atom. The van der Waals surface area contributed by atoms with Gasteiger partial charge in [-0.25, -0.2) is 9.59 Å². The van der Waals surface area contributed by atoms with Gasteiger partial charge in [-0.3, -0.25) is 9.59 Å². The van der Waals surface area contributed by atoms with E-state index in [9.17, 15) is 24.3 Å². The highest BCUT2D eigenvalue weighted by Gasteiger charge is 2.43. The summed E-state index contributed by atoms with van der Waals surface area (Å²) in [7, 11) is 0. The third-order valence-corrected chi connectivity index (χ3v) is 8.11. The van der Waals surface area contributed by atoms with Gasteiger partial charge in [0.05, 0.1) is 0 Å². The van der Waals surface area contributed by atoms with Crippen molar-refractivity contribution in [3.63, 3.8) is 0 Å². The van der Waals surface area contributed by atoms with Gasteiger partial charge in [0.2, 0.25) is 11.8 Å². The molecule has 9 nitrogen and oxygen atoms in total. The zero-order valence-electron chi connectivity index (χ0n) is 24.8. The summed E-state index contributed by atoms with van der Waals surface area (Å²) in [5.74, 6) is -2.69. The highest BCUT2D eigenvalue weighted by molar-refractivity contribution is 5.94. The number of aliphatic carboxylic acids is 1. The molecule has 42 heavy (non-hydrogen) atoms. The minimum absolute atomic E-state index is 0.0598. The average molecular weight is 578 g/mol. The number of hydrogen-bond acceptors (Lipinski definition) is 5. The lowest BCUT2D eigenvalue weighted by Crippen LogP contribution is -2.58. The van der Waals surface area contributed by atoms with E-state index in [1.807, 2.05) is 60.7 Å². The molecule has 0 aromatic heterocycles. The molecule has 3 amide bonds. The topological polar surface area (TPSA) is 125 Å². The molecular weight excluding hydrogens is 534 g/mol. The lowest BCUT2D eigenvalue weighted by molar-refractivity contribution is -0.145. The third-order valence-electron chi connectivity index (χ3n) is 8.11. The molecule has 2 aromatic carbocycles. The molecule has 2 fully saturated rings. The zero-order chi connectivity index (χ0) is 30.3. The molecule has 0 bridgehead atoms. The van der Waals surface area contributed by atoms with Crippen LogP contribution in [-0.4, -0.2) is 64.2 Å². The van der Waals surface area contributed by atoms with Gasteiger partial charge in [0.1, 0.15) is 23.7 Å². The first-order chi connectivity index (χ1) is 20.0. The van der Waals surface area contributed by atoms with Crippen molar-refractivity contribution in [3.05, 3.63) is 71.8 Å². The minimum Gasteiger partial charge on any atom is -0.480 e. The predicted molar refractivity (Wildman–Crippen MR) is 159 cm³/mol. The number of amides is 3. The Morgan fingerprint density at radius 3 is 1.93 bits per heavy atom. The Kier molecular flexibility index (Phi) is 10.2. The number of nitrogens with zero attached hydrogens (tertiary/aromatic N) is 1. The molecule has 1 saturated heterocycles. The van der Waals surface area contributed by atoms with E-state index in [0.717, 1.165) is 43.2 Å². The van der Waals surface area contributed by atoms with Crippen molar-refractivity contribution < 1.29 is 29.0 Å². The Labute approximate surface area is 248 Å². The van der Waals surface area contributed by atoms with Crippen LogP contribution in [0.25, 0.3) is 0 Å². The lowest BCUT2D eigenvalue weighted by Gasteiger charge is -2.35. The van der Waals surface area contributed by atoms with Gasteiger partial charge in [0, 0.05) is 12.5 Å². The molecular formula is C33H43N3O6. The summed E-state index contributed by atoms with van der Waals surface area (Å²) in [5.41, 5.74) is 0.796. The van der Waals surface area contributed by atoms with Crippen molar-refractivity contribution >= 4 is 23.9 Å². The third kappa shape index (κ3) is 7.89. The van der Waals surface area contributed by atoms with E-state index in [0.29, 0.717) is 19.4 Å². The van der Waals surface area contributed by atoms with Crippen LogP contribution in [0.3, 0.4) is 0 Å². The SMILES string of the molecule is CC(C)(C)OC(=O)NC(C(=O)N1CCC[C@H]1C(=O)NC(C(=O)O)C(c1ccccc1)c1ccccc1)C1CCCCC1. The van der Waals surface area contributed by atoms with Crippen LogP contribution in [0.15, 0.2) is 60.7 Å². The van der Waals surface area contributed by atoms with Gasteiger partial charge in [-0.2, -0.15) is 0 Å². The number of hydrogen-bond donors (Lipinski definition) is 3. The zero-order valence-corrected chi connectivity index (χ0v) is 24.8. The molecule has 1 aliphatic heterocycles. The van der Waals surface area contributed by atoms with Gasteiger partial charge in [-0.1, -0.05) is 79.9 Å². The van der Waals surface area contributed by atoms with E-state index in [1.54, 1.807) is 20.8 Å². The molecule has 2 unspecified atom stereocenters. The Hall–Kier alpha value is -3.88. The van der Waals surface area contributed by atoms with Crippen LogP contribution < -0.4 is 10.6 Å². The number of carboxylic acid groups (broad SMARTS) is 1.